The van der Waals surface area contributed by atoms with E-state index in [1.165, 1.54) is 6.19 Å². The Kier molecular flexibility index (Phi) is 176. The van der Waals surface area contributed by atoms with Crippen LogP contribution in [0.5, 0.6) is 0 Å². The molecular formula is CH2Cl2N2-2. The van der Waals surface area contributed by atoms with Gasteiger partial charge in [-0.15, -0.1) is 0 Å². The monoisotopic (exact) mass is 112 g/mol. The third-order valence-electron chi connectivity index (χ3n) is 0. The Morgan fingerprint density at radius 3 is 1.40 bits per heavy atom. The van der Waals surface area contributed by atoms with Crippen molar-refractivity contribution in [2.24, 2.45) is 5.73 Å². The molecule has 0 aliphatic carbocycles. The van der Waals surface area contributed by atoms with Gasteiger partial charge in [0.05, 0.1) is 0 Å². The van der Waals surface area contributed by atoms with E-state index in [4.69, 9.17) is 5.26 Å². The number of nitriles is 1. The van der Waals surface area contributed by atoms with E-state index in [-0.39, 0.29) is 24.8 Å². The molecule has 0 aromatic heterocycles. The molecule has 0 amide bonds. The maximum absolute atomic E-state index is 7.10. The second-order valence-electron chi connectivity index (χ2n) is 0.129. The fourth-order valence-corrected chi connectivity index (χ4v) is 0. The average molecular weight is 113 g/mol. The van der Waals surface area contributed by atoms with E-state index < -0.39 is 0 Å². The first kappa shape index (κ1) is 20.9. The molecule has 0 saturated heterocycles. The third kappa shape index (κ3) is 801. The molecule has 32 valence electrons. The number of hydrogen-bond donors (Lipinski definition) is 1. The minimum absolute atomic E-state index is 0. The standard InChI is InChI=1S/CH2N2.2ClH/c2-1-3;;/h2H2;2*1H/p-2. The molecule has 0 fully saturated rings. The van der Waals surface area contributed by atoms with Crippen LogP contribution in [0.15, 0.2) is 0 Å². The quantitative estimate of drug-likeness (QED) is 0.251. The van der Waals surface area contributed by atoms with Gasteiger partial charge in [0.15, 0.2) is 6.19 Å². The van der Waals surface area contributed by atoms with E-state index in [1.807, 2.05) is 0 Å². The summed E-state index contributed by atoms with van der Waals surface area (Å²) in [6.07, 6.45) is 1.25. The lowest BCUT2D eigenvalue weighted by Gasteiger charge is -1.24. The summed E-state index contributed by atoms with van der Waals surface area (Å²) < 4.78 is 0. The Morgan fingerprint density at radius 2 is 1.40 bits per heavy atom. The smallest absolute Gasteiger partial charge is 0.173 e. The van der Waals surface area contributed by atoms with Gasteiger partial charge in [-0.3, -0.25) is 0 Å². The van der Waals surface area contributed by atoms with Crippen molar-refractivity contribution in [3.8, 4) is 6.19 Å². The maximum atomic E-state index is 7.10. The Morgan fingerprint density at radius 1 is 1.40 bits per heavy atom. The molecule has 0 saturated carbocycles. The summed E-state index contributed by atoms with van der Waals surface area (Å²) in [5.74, 6) is 0. The summed E-state index contributed by atoms with van der Waals surface area (Å²) >= 11 is 0. The lowest BCUT2D eigenvalue weighted by atomic mass is 11.5. The van der Waals surface area contributed by atoms with Crippen LogP contribution in [0.4, 0.5) is 0 Å². The lowest BCUT2D eigenvalue weighted by molar-refractivity contribution is -0.00100. The topological polar surface area (TPSA) is 49.8 Å². The molecule has 0 aromatic rings. The number of nitrogens with two attached hydrogens (primary N) is 1. The van der Waals surface area contributed by atoms with Crippen LogP contribution in [0.1, 0.15) is 0 Å². The molecule has 0 aliphatic heterocycles. The molecule has 0 radical (unpaired) electrons. The van der Waals surface area contributed by atoms with E-state index in [0.717, 1.165) is 0 Å². The summed E-state index contributed by atoms with van der Waals surface area (Å²) in [5, 5.41) is 7.10. The molecule has 0 unspecified atom stereocenters. The van der Waals surface area contributed by atoms with Gasteiger partial charge in [0.2, 0.25) is 0 Å². The predicted molar refractivity (Wildman–Crippen MR) is 9.80 cm³/mol. The van der Waals surface area contributed by atoms with Gasteiger partial charge >= 0.3 is 0 Å². The van der Waals surface area contributed by atoms with Crippen LogP contribution in [0, 0.1) is 11.5 Å². The highest BCUT2D eigenvalue weighted by Gasteiger charge is 1.12. The minimum Gasteiger partial charge on any atom is -1.00 e. The number of nitrogens with zero attached hydrogens (tertiary/aromatic N) is 1. The van der Waals surface area contributed by atoms with Crippen LogP contribution in [0.25, 0.3) is 0 Å². The van der Waals surface area contributed by atoms with Crippen molar-refractivity contribution >= 4 is 0 Å². The number of hydrogen-bond acceptors (Lipinski definition) is 2. The highest BCUT2D eigenvalue weighted by Crippen LogP contribution is 0.900. The third-order valence-corrected chi connectivity index (χ3v) is 0. The van der Waals surface area contributed by atoms with Crippen LogP contribution in [0.3, 0.4) is 0 Å². The molecule has 0 heterocycles. The van der Waals surface area contributed by atoms with Crippen LogP contribution >= 0.6 is 0 Å². The summed E-state index contributed by atoms with van der Waals surface area (Å²) in [6.45, 7) is 0. The van der Waals surface area contributed by atoms with E-state index in [9.17, 15) is 0 Å². The molecule has 0 spiro atoms. The first-order valence-electron chi connectivity index (χ1n) is 0.512. The van der Waals surface area contributed by atoms with E-state index in [2.05, 4.69) is 5.73 Å². The van der Waals surface area contributed by atoms with Crippen molar-refractivity contribution in [1.82, 2.24) is 0 Å². The summed E-state index contributed by atoms with van der Waals surface area (Å²) in [6, 6.07) is 0. The van der Waals surface area contributed by atoms with Crippen molar-refractivity contribution in [2.75, 3.05) is 0 Å². The molecule has 2 nitrogen and oxygen atoms in total. The molecule has 0 aliphatic rings. The van der Waals surface area contributed by atoms with Crippen molar-refractivity contribution in [3.63, 3.8) is 0 Å². The molecular weight excluding hydrogens is 111 g/mol. The van der Waals surface area contributed by atoms with E-state index >= 15 is 0 Å². The van der Waals surface area contributed by atoms with Crippen LogP contribution in [0.2, 0.25) is 0 Å². The summed E-state index contributed by atoms with van der Waals surface area (Å²) in [4.78, 5) is 0. The van der Waals surface area contributed by atoms with Gasteiger partial charge in [0, 0.05) is 0 Å². The number of rotatable bonds is 0. The van der Waals surface area contributed by atoms with Gasteiger partial charge in [-0.2, -0.15) is 5.26 Å². The Bertz CT molecular complexity index is 29.1. The van der Waals surface area contributed by atoms with Gasteiger partial charge in [-0.25, -0.2) is 0 Å². The minimum atomic E-state index is 0. The zero-order valence-corrected chi connectivity index (χ0v) is 3.79. The molecule has 4 heteroatoms. The van der Waals surface area contributed by atoms with Gasteiger partial charge in [0.25, 0.3) is 0 Å². The summed E-state index contributed by atoms with van der Waals surface area (Å²) in [7, 11) is 0. The Labute approximate surface area is 42.8 Å². The Hall–Kier alpha value is -0.130. The lowest BCUT2D eigenvalue weighted by Crippen LogP contribution is -3.00. The predicted octanol–water partition coefficient (Wildman–Crippen LogP) is -6.57. The SMILES string of the molecule is N#CN.[Cl-].[Cl-]. The Balaban J connectivity index is -0.0000000200. The maximum Gasteiger partial charge on any atom is 0.173 e. The molecule has 2 N–H and O–H groups in total. The van der Waals surface area contributed by atoms with Gasteiger partial charge in [-0.05, 0) is 0 Å². The van der Waals surface area contributed by atoms with E-state index in [1.54, 1.807) is 0 Å². The van der Waals surface area contributed by atoms with Crippen LogP contribution in [-0.2, 0) is 0 Å². The highest BCUT2D eigenvalue weighted by molar-refractivity contribution is 4.46. The van der Waals surface area contributed by atoms with Gasteiger partial charge in [0.1, 0.15) is 0 Å². The molecule has 0 bridgehead atoms. The van der Waals surface area contributed by atoms with Gasteiger partial charge in [-0.1, -0.05) is 0 Å². The van der Waals surface area contributed by atoms with Crippen molar-refractivity contribution in [3.05, 3.63) is 0 Å². The zero-order chi connectivity index (χ0) is 2.71. The number of halogens is 2. The van der Waals surface area contributed by atoms with Crippen LogP contribution in [-0.4, -0.2) is 0 Å². The largest absolute Gasteiger partial charge is 1.00 e. The normalized spacial score (nSPS) is 1.40. The fraction of sp³-hybridized carbons (Fsp3) is 0. The molecule has 0 rings (SSSR count). The van der Waals surface area contributed by atoms with Crippen molar-refractivity contribution in [1.29, 1.82) is 5.26 Å². The second kappa shape index (κ2) is 42.1. The zero-order valence-electron chi connectivity index (χ0n) is 2.28. The van der Waals surface area contributed by atoms with Crippen molar-refractivity contribution < 1.29 is 24.8 Å². The molecule has 5 heavy (non-hydrogen) atoms. The average Bonchev–Trinajstić information content (AvgIpc) is 0.918. The van der Waals surface area contributed by atoms with E-state index in [0.29, 0.717) is 0 Å². The summed E-state index contributed by atoms with van der Waals surface area (Å²) in [5.41, 5.74) is 4.15. The molecule has 0 atom stereocenters. The first-order valence-corrected chi connectivity index (χ1v) is 0.512. The van der Waals surface area contributed by atoms with Crippen molar-refractivity contribution in [2.45, 2.75) is 0 Å². The first-order chi connectivity index (χ1) is 1.41. The highest BCUT2D eigenvalue weighted by atomic mass is 35.5. The van der Waals surface area contributed by atoms with Gasteiger partial charge < -0.3 is 30.5 Å². The fourth-order valence-electron chi connectivity index (χ4n) is 0. The molecule has 0 aromatic carbocycles. The van der Waals surface area contributed by atoms with Crippen LogP contribution < -0.4 is 30.5 Å². The second-order valence-corrected chi connectivity index (χ2v) is 0.129.